The van der Waals surface area contributed by atoms with Crippen molar-refractivity contribution in [3.63, 3.8) is 0 Å². The first-order valence-corrected chi connectivity index (χ1v) is 6.96. The zero-order valence-corrected chi connectivity index (χ0v) is 12.3. The SMILES string of the molecule is Cc1ccccc1[C@@H]1C[C@@H](C)N(C(=O)C(C)(C)N)C1. The lowest BCUT2D eigenvalue weighted by atomic mass is 9.93. The Morgan fingerprint density at radius 1 is 1.37 bits per heavy atom. The van der Waals surface area contributed by atoms with Gasteiger partial charge in [0, 0.05) is 18.5 Å². The third-order valence-electron chi connectivity index (χ3n) is 4.02. The second-order valence-corrected chi connectivity index (χ2v) is 6.32. The van der Waals surface area contributed by atoms with Crippen LogP contribution in [0.4, 0.5) is 0 Å². The van der Waals surface area contributed by atoms with Gasteiger partial charge in [-0.15, -0.1) is 0 Å². The number of rotatable bonds is 2. The Morgan fingerprint density at radius 2 is 2.00 bits per heavy atom. The van der Waals surface area contributed by atoms with E-state index >= 15 is 0 Å². The maximum atomic E-state index is 12.3. The minimum atomic E-state index is -0.783. The summed E-state index contributed by atoms with van der Waals surface area (Å²) in [6.07, 6.45) is 1.02. The zero-order valence-electron chi connectivity index (χ0n) is 12.3. The molecule has 0 aromatic heterocycles. The summed E-state index contributed by atoms with van der Waals surface area (Å²) in [6, 6.07) is 8.71. The van der Waals surface area contributed by atoms with Gasteiger partial charge < -0.3 is 10.6 Å². The maximum Gasteiger partial charge on any atom is 0.242 e. The molecule has 19 heavy (non-hydrogen) atoms. The highest BCUT2D eigenvalue weighted by Crippen LogP contribution is 2.34. The fourth-order valence-electron chi connectivity index (χ4n) is 2.95. The van der Waals surface area contributed by atoms with Gasteiger partial charge in [0.15, 0.2) is 0 Å². The molecule has 1 aromatic rings. The van der Waals surface area contributed by atoms with Crippen molar-refractivity contribution in [1.82, 2.24) is 4.90 Å². The van der Waals surface area contributed by atoms with Gasteiger partial charge in [-0.2, -0.15) is 0 Å². The van der Waals surface area contributed by atoms with Crippen LogP contribution in [0.15, 0.2) is 24.3 Å². The van der Waals surface area contributed by atoms with Crippen LogP contribution in [0, 0.1) is 6.92 Å². The van der Waals surface area contributed by atoms with E-state index in [-0.39, 0.29) is 11.9 Å². The lowest BCUT2D eigenvalue weighted by Crippen LogP contribution is -2.52. The molecule has 0 unspecified atom stereocenters. The van der Waals surface area contributed by atoms with Crippen molar-refractivity contribution in [1.29, 1.82) is 0 Å². The molecule has 104 valence electrons. The average Bonchev–Trinajstić information content (AvgIpc) is 2.69. The molecule has 0 spiro atoms. The molecule has 0 aliphatic carbocycles. The average molecular weight is 260 g/mol. The van der Waals surface area contributed by atoms with Gasteiger partial charge in [-0.05, 0) is 45.2 Å². The Bertz CT molecular complexity index is 476. The topological polar surface area (TPSA) is 46.3 Å². The Labute approximate surface area is 115 Å². The number of carbonyl (C=O) groups excluding carboxylic acids is 1. The van der Waals surface area contributed by atoms with Crippen LogP contribution in [0.2, 0.25) is 0 Å². The highest BCUT2D eigenvalue weighted by Gasteiger charge is 2.38. The first-order chi connectivity index (χ1) is 8.80. The van der Waals surface area contributed by atoms with Crippen molar-refractivity contribution >= 4 is 5.91 Å². The van der Waals surface area contributed by atoms with Crippen LogP contribution in [0.25, 0.3) is 0 Å². The Hall–Kier alpha value is -1.35. The van der Waals surface area contributed by atoms with E-state index in [0.717, 1.165) is 13.0 Å². The van der Waals surface area contributed by atoms with E-state index < -0.39 is 5.54 Å². The molecule has 1 fully saturated rings. The van der Waals surface area contributed by atoms with E-state index in [0.29, 0.717) is 5.92 Å². The van der Waals surface area contributed by atoms with Crippen LogP contribution in [0.1, 0.15) is 44.2 Å². The maximum absolute atomic E-state index is 12.3. The number of aryl methyl sites for hydroxylation is 1. The van der Waals surface area contributed by atoms with Gasteiger partial charge in [0.25, 0.3) is 0 Å². The van der Waals surface area contributed by atoms with Crippen molar-refractivity contribution in [2.24, 2.45) is 5.73 Å². The minimum absolute atomic E-state index is 0.0519. The van der Waals surface area contributed by atoms with E-state index in [1.165, 1.54) is 11.1 Å². The summed E-state index contributed by atoms with van der Waals surface area (Å²) in [5.74, 6) is 0.485. The largest absolute Gasteiger partial charge is 0.338 e. The number of amides is 1. The monoisotopic (exact) mass is 260 g/mol. The van der Waals surface area contributed by atoms with Crippen molar-refractivity contribution in [3.05, 3.63) is 35.4 Å². The number of hydrogen-bond donors (Lipinski definition) is 1. The van der Waals surface area contributed by atoms with Gasteiger partial charge in [-0.25, -0.2) is 0 Å². The van der Waals surface area contributed by atoms with Crippen LogP contribution in [0.3, 0.4) is 0 Å². The lowest BCUT2D eigenvalue weighted by Gasteiger charge is -2.29. The highest BCUT2D eigenvalue weighted by atomic mass is 16.2. The van der Waals surface area contributed by atoms with Gasteiger partial charge in [0.1, 0.15) is 0 Å². The number of nitrogens with zero attached hydrogens (tertiary/aromatic N) is 1. The summed E-state index contributed by atoms with van der Waals surface area (Å²) in [4.78, 5) is 14.3. The van der Waals surface area contributed by atoms with Crippen LogP contribution >= 0.6 is 0 Å². The Kier molecular flexibility index (Phi) is 3.68. The fraction of sp³-hybridized carbons (Fsp3) is 0.562. The smallest absolute Gasteiger partial charge is 0.242 e. The Morgan fingerprint density at radius 3 is 2.58 bits per heavy atom. The molecule has 0 saturated carbocycles. The number of benzene rings is 1. The molecule has 1 aliphatic heterocycles. The third kappa shape index (κ3) is 2.81. The molecule has 1 amide bonds. The van der Waals surface area contributed by atoms with Crippen molar-refractivity contribution < 1.29 is 4.79 Å². The molecule has 2 N–H and O–H groups in total. The summed E-state index contributed by atoms with van der Waals surface area (Å²) in [7, 11) is 0. The van der Waals surface area contributed by atoms with Crippen LogP contribution in [-0.4, -0.2) is 28.9 Å². The second-order valence-electron chi connectivity index (χ2n) is 6.32. The Balaban J connectivity index is 2.19. The molecular formula is C16H24N2O. The van der Waals surface area contributed by atoms with Crippen molar-refractivity contribution in [2.45, 2.75) is 51.6 Å². The highest BCUT2D eigenvalue weighted by molar-refractivity contribution is 5.85. The second kappa shape index (κ2) is 4.97. The molecule has 1 aromatic carbocycles. The standard InChI is InChI=1S/C16H24N2O/c1-11-7-5-6-8-14(11)13-9-12(2)18(10-13)15(19)16(3,4)17/h5-8,12-13H,9-10,17H2,1-4H3/t12-,13-/m1/s1. The molecule has 0 bridgehead atoms. The quantitative estimate of drug-likeness (QED) is 0.887. The van der Waals surface area contributed by atoms with Crippen molar-refractivity contribution in [3.8, 4) is 0 Å². The van der Waals surface area contributed by atoms with Gasteiger partial charge in [-0.1, -0.05) is 24.3 Å². The normalized spacial score (nSPS) is 23.7. The van der Waals surface area contributed by atoms with Crippen LogP contribution < -0.4 is 5.73 Å². The molecule has 1 heterocycles. The minimum Gasteiger partial charge on any atom is -0.338 e. The van der Waals surface area contributed by atoms with Gasteiger partial charge in [0.2, 0.25) is 5.91 Å². The van der Waals surface area contributed by atoms with Crippen molar-refractivity contribution in [2.75, 3.05) is 6.54 Å². The lowest BCUT2D eigenvalue weighted by molar-refractivity contribution is -0.136. The first kappa shape index (κ1) is 14.1. The predicted octanol–water partition coefficient (Wildman–Crippen LogP) is 2.44. The number of likely N-dealkylation sites (tertiary alicyclic amines) is 1. The summed E-state index contributed by atoms with van der Waals surface area (Å²) >= 11 is 0. The number of hydrogen-bond acceptors (Lipinski definition) is 2. The fourth-order valence-corrected chi connectivity index (χ4v) is 2.95. The van der Waals surface area contributed by atoms with Gasteiger partial charge in [-0.3, -0.25) is 4.79 Å². The molecule has 3 nitrogen and oxygen atoms in total. The molecule has 0 radical (unpaired) electrons. The molecule has 1 saturated heterocycles. The summed E-state index contributed by atoms with van der Waals surface area (Å²) in [6.45, 7) is 8.59. The first-order valence-electron chi connectivity index (χ1n) is 6.96. The third-order valence-corrected chi connectivity index (χ3v) is 4.02. The molecule has 2 atom stereocenters. The number of nitrogens with two attached hydrogens (primary N) is 1. The van der Waals surface area contributed by atoms with Crippen LogP contribution in [-0.2, 0) is 4.79 Å². The van der Waals surface area contributed by atoms with E-state index in [1.807, 2.05) is 4.90 Å². The summed E-state index contributed by atoms with van der Waals surface area (Å²) in [5.41, 5.74) is 7.83. The van der Waals surface area contributed by atoms with Gasteiger partial charge >= 0.3 is 0 Å². The van der Waals surface area contributed by atoms with Gasteiger partial charge in [0.05, 0.1) is 5.54 Å². The molecular weight excluding hydrogens is 236 g/mol. The zero-order chi connectivity index (χ0) is 14.2. The molecule has 3 heteroatoms. The molecule has 1 aliphatic rings. The van der Waals surface area contributed by atoms with Crippen LogP contribution in [0.5, 0.6) is 0 Å². The van der Waals surface area contributed by atoms with E-state index in [2.05, 4.69) is 38.1 Å². The predicted molar refractivity (Wildman–Crippen MR) is 78.0 cm³/mol. The number of carbonyl (C=O) groups is 1. The summed E-state index contributed by atoms with van der Waals surface area (Å²) < 4.78 is 0. The van der Waals surface area contributed by atoms with E-state index in [4.69, 9.17) is 5.73 Å². The molecule has 2 rings (SSSR count). The van der Waals surface area contributed by atoms with E-state index in [1.54, 1.807) is 13.8 Å². The summed E-state index contributed by atoms with van der Waals surface area (Å²) in [5, 5.41) is 0. The van der Waals surface area contributed by atoms with E-state index in [9.17, 15) is 4.79 Å².